The van der Waals surface area contributed by atoms with E-state index in [0.29, 0.717) is 0 Å². The molecule has 0 N–H and O–H groups in total. The van der Waals surface area contributed by atoms with E-state index in [-0.39, 0.29) is 0 Å². The molecule has 2 fully saturated rings. The van der Waals surface area contributed by atoms with Crippen LogP contribution >= 0.6 is 11.3 Å². The van der Waals surface area contributed by atoms with Crippen LogP contribution in [0.1, 0.15) is 17.8 Å². The van der Waals surface area contributed by atoms with Crippen molar-refractivity contribution in [2.24, 2.45) is 0 Å². The van der Waals surface area contributed by atoms with Gasteiger partial charge in [0.15, 0.2) is 0 Å². The van der Waals surface area contributed by atoms with Crippen LogP contribution in [0, 0.1) is 0 Å². The zero-order valence-corrected chi connectivity index (χ0v) is 9.75. The molecular weight excluding hydrogens is 206 g/mol. The van der Waals surface area contributed by atoms with E-state index in [9.17, 15) is 0 Å². The molecule has 1 aromatic rings. The lowest BCUT2D eigenvalue weighted by Gasteiger charge is -2.37. The van der Waals surface area contributed by atoms with Crippen LogP contribution in [-0.2, 0) is 6.54 Å². The van der Waals surface area contributed by atoms with Gasteiger partial charge < -0.3 is 0 Å². The van der Waals surface area contributed by atoms with Crippen molar-refractivity contribution in [1.29, 1.82) is 0 Å². The highest BCUT2D eigenvalue weighted by atomic mass is 32.1. The normalized spacial score (nSPS) is 28.1. The maximum atomic E-state index is 4.36. The van der Waals surface area contributed by atoms with Crippen molar-refractivity contribution in [1.82, 2.24) is 14.8 Å². The van der Waals surface area contributed by atoms with E-state index < -0.39 is 0 Å². The Morgan fingerprint density at radius 2 is 2.40 bits per heavy atom. The number of piperazine rings is 1. The molecule has 0 amide bonds. The SMILES string of the molecule is c1csc(CN2CCN3CCCC3C2)n1. The molecular formula is C11H17N3S. The summed E-state index contributed by atoms with van der Waals surface area (Å²) in [5.74, 6) is 0. The molecule has 2 aliphatic heterocycles. The van der Waals surface area contributed by atoms with E-state index >= 15 is 0 Å². The second-order valence-electron chi connectivity index (χ2n) is 4.49. The number of thiazole rings is 1. The maximum Gasteiger partial charge on any atom is 0.107 e. The first-order valence-corrected chi connectivity index (χ1v) is 6.64. The van der Waals surface area contributed by atoms with Crippen molar-refractivity contribution < 1.29 is 0 Å². The Hall–Kier alpha value is -0.450. The van der Waals surface area contributed by atoms with Gasteiger partial charge in [-0.25, -0.2) is 4.98 Å². The maximum absolute atomic E-state index is 4.36. The largest absolute Gasteiger partial charge is 0.298 e. The minimum absolute atomic E-state index is 0.832. The number of hydrogen-bond acceptors (Lipinski definition) is 4. The zero-order valence-electron chi connectivity index (χ0n) is 8.93. The third-order valence-electron chi connectivity index (χ3n) is 3.51. The third-order valence-corrected chi connectivity index (χ3v) is 4.28. The fraction of sp³-hybridized carbons (Fsp3) is 0.727. The highest BCUT2D eigenvalue weighted by Crippen LogP contribution is 2.22. The number of hydrogen-bond donors (Lipinski definition) is 0. The molecule has 3 heterocycles. The lowest BCUT2D eigenvalue weighted by atomic mass is 10.1. The van der Waals surface area contributed by atoms with Gasteiger partial charge in [-0.05, 0) is 19.4 Å². The van der Waals surface area contributed by atoms with Crippen molar-refractivity contribution in [2.45, 2.75) is 25.4 Å². The average molecular weight is 223 g/mol. The summed E-state index contributed by atoms with van der Waals surface area (Å²) in [7, 11) is 0. The molecule has 15 heavy (non-hydrogen) atoms. The number of rotatable bonds is 2. The fourth-order valence-corrected chi connectivity index (χ4v) is 3.38. The first kappa shape index (κ1) is 9.75. The molecule has 3 nitrogen and oxygen atoms in total. The Bertz CT molecular complexity index is 312. The van der Waals surface area contributed by atoms with Gasteiger partial charge in [-0.2, -0.15) is 0 Å². The van der Waals surface area contributed by atoms with Gasteiger partial charge in [-0.15, -0.1) is 11.3 Å². The van der Waals surface area contributed by atoms with Crippen LogP contribution in [0.5, 0.6) is 0 Å². The van der Waals surface area contributed by atoms with E-state index in [0.717, 1.165) is 12.6 Å². The molecule has 0 saturated carbocycles. The summed E-state index contributed by atoms with van der Waals surface area (Å²) in [4.78, 5) is 9.57. The summed E-state index contributed by atoms with van der Waals surface area (Å²) in [5.41, 5.74) is 0. The lowest BCUT2D eigenvalue weighted by molar-refractivity contribution is 0.0993. The summed E-state index contributed by atoms with van der Waals surface area (Å²) in [6.07, 6.45) is 4.70. The number of fused-ring (bicyclic) bond motifs is 1. The summed E-state index contributed by atoms with van der Waals surface area (Å²) >= 11 is 1.78. The Morgan fingerprint density at radius 1 is 1.40 bits per heavy atom. The molecule has 0 aliphatic carbocycles. The molecule has 1 unspecified atom stereocenters. The van der Waals surface area contributed by atoms with E-state index in [2.05, 4.69) is 20.2 Å². The summed E-state index contributed by atoms with van der Waals surface area (Å²) in [6, 6.07) is 0.832. The molecule has 0 aromatic carbocycles. The van der Waals surface area contributed by atoms with Gasteiger partial charge in [0.1, 0.15) is 5.01 Å². The summed E-state index contributed by atoms with van der Waals surface area (Å²) in [6.45, 7) is 6.11. The molecule has 2 aliphatic rings. The standard InChI is InChI=1S/C11H17N3S/c1-2-10-8-13(5-6-14(10)4-1)9-11-12-3-7-15-11/h3,7,10H,1-2,4-6,8-9H2. The molecule has 0 spiro atoms. The fourth-order valence-electron chi connectivity index (χ4n) is 2.72. The van der Waals surface area contributed by atoms with Crippen LogP contribution in [-0.4, -0.2) is 47.0 Å². The average Bonchev–Trinajstić information content (AvgIpc) is 2.87. The molecule has 2 saturated heterocycles. The van der Waals surface area contributed by atoms with E-state index in [4.69, 9.17) is 0 Å². The van der Waals surface area contributed by atoms with Crippen molar-refractivity contribution in [3.8, 4) is 0 Å². The first-order chi connectivity index (χ1) is 7.42. The monoisotopic (exact) mass is 223 g/mol. The van der Waals surface area contributed by atoms with E-state index in [1.807, 2.05) is 6.20 Å². The predicted molar refractivity (Wildman–Crippen MR) is 62.0 cm³/mol. The van der Waals surface area contributed by atoms with Crippen LogP contribution in [0.4, 0.5) is 0 Å². The van der Waals surface area contributed by atoms with Crippen molar-refractivity contribution in [3.63, 3.8) is 0 Å². The van der Waals surface area contributed by atoms with Crippen LogP contribution in [0.3, 0.4) is 0 Å². The van der Waals surface area contributed by atoms with E-state index in [1.165, 1.54) is 44.0 Å². The van der Waals surface area contributed by atoms with Gasteiger partial charge in [0, 0.05) is 37.3 Å². The van der Waals surface area contributed by atoms with Gasteiger partial charge >= 0.3 is 0 Å². The Kier molecular flexibility index (Phi) is 2.73. The second-order valence-corrected chi connectivity index (χ2v) is 5.47. The Morgan fingerprint density at radius 3 is 3.27 bits per heavy atom. The molecule has 1 atom stereocenters. The quantitative estimate of drug-likeness (QED) is 0.756. The second kappa shape index (κ2) is 4.20. The highest BCUT2D eigenvalue weighted by molar-refractivity contribution is 7.09. The van der Waals surface area contributed by atoms with Gasteiger partial charge in [0.25, 0.3) is 0 Å². The number of nitrogens with zero attached hydrogens (tertiary/aromatic N) is 3. The minimum atomic E-state index is 0.832. The number of aromatic nitrogens is 1. The molecule has 1 aromatic heterocycles. The Labute approximate surface area is 94.7 Å². The van der Waals surface area contributed by atoms with Crippen LogP contribution in [0.25, 0.3) is 0 Å². The van der Waals surface area contributed by atoms with Crippen molar-refractivity contribution in [3.05, 3.63) is 16.6 Å². The van der Waals surface area contributed by atoms with Gasteiger partial charge in [-0.3, -0.25) is 9.80 Å². The van der Waals surface area contributed by atoms with Gasteiger partial charge in [0.2, 0.25) is 0 Å². The van der Waals surface area contributed by atoms with Crippen LogP contribution in [0.2, 0.25) is 0 Å². The zero-order chi connectivity index (χ0) is 10.1. The van der Waals surface area contributed by atoms with Crippen LogP contribution < -0.4 is 0 Å². The molecule has 3 rings (SSSR count). The molecule has 82 valence electrons. The van der Waals surface area contributed by atoms with Crippen LogP contribution in [0.15, 0.2) is 11.6 Å². The molecule has 0 radical (unpaired) electrons. The Balaban J connectivity index is 1.59. The summed E-state index contributed by atoms with van der Waals surface area (Å²) in [5, 5.41) is 3.34. The summed E-state index contributed by atoms with van der Waals surface area (Å²) < 4.78 is 0. The minimum Gasteiger partial charge on any atom is -0.298 e. The molecule has 0 bridgehead atoms. The smallest absolute Gasteiger partial charge is 0.107 e. The van der Waals surface area contributed by atoms with Crippen molar-refractivity contribution in [2.75, 3.05) is 26.2 Å². The lowest BCUT2D eigenvalue weighted by Crippen LogP contribution is -2.49. The van der Waals surface area contributed by atoms with E-state index in [1.54, 1.807) is 11.3 Å². The third kappa shape index (κ3) is 2.07. The highest BCUT2D eigenvalue weighted by Gasteiger charge is 2.30. The predicted octanol–water partition coefficient (Wildman–Crippen LogP) is 1.42. The van der Waals surface area contributed by atoms with Gasteiger partial charge in [-0.1, -0.05) is 0 Å². The van der Waals surface area contributed by atoms with Crippen molar-refractivity contribution >= 4 is 11.3 Å². The van der Waals surface area contributed by atoms with Gasteiger partial charge in [0.05, 0.1) is 6.54 Å². The first-order valence-electron chi connectivity index (χ1n) is 5.76. The molecule has 4 heteroatoms. The topological polar surface area (TPSA) is 19.4 Å².